The fraction of sp³-hybridized carbons (Fsp3) is 0.158. The maximum Gasteiger partial charge on any atom is 0.265 e. The molecule has 8 heteroatoms. The topological polar surface area (TPSA) is 86.5 Å². The molecule has 0 atom stereocenters. The van der Waals surface area contributed by atoms with E-state index >= 15 is 0 Å². The quantitative estimate of drug-likeness (QED) is 0.434. The van der Waals surface area contributed by atoms with E-state index < -0.39 is 0 Å². The lowest BCUT2D eigenvalue weighted by molar-refractivity contribution is 0.394. The zero-order valence-electron chi connectivity index (χ0n) is 15.2. The maximum absolute atomic E-state index is 5.35. The third kappa shape index (κ3) is 3.01. The summed E-state index contributed by atoms with van der Waals surface area (Å²) in [5, 5.41) is 13.6. The number of anilines is 1. The molecule has 8 nitrogen and oxygen atoms in total. The largest absolute Gasteiger partial charge is 0.497 e. The van der Waals surface area contributed by atoms with Gasteiger partial charge in [0.1, 0.15) is 17.0 Å². The maximum atomic E-state index is 5.35. The molecule has 0 aliphatic carbocycles. The number of ether oxygens (including phenoxy) is 2. The number of aryl methyl sites for hydroxylation is 1. The highest BCUT2D eigenvalue weighted by molar-refractivity contribution is 6.04. The van der Waals surface area contributed by atoms with Crippen LogP contribution in [0.5, 0.6) is 11.5 Å². The zero-order chi connectivity index (χ0) is 18.8. The fourth-order valence-corrected chi connectivity index (χ4v) is 2.94. The number of hydrogen-bond donors (Lipinski definition) is 1. The summed E-state index contributed by atoms with van der Waals surface area (Å²) in [4.78, 5) is 4.53. The lowest BCUT2D eigenvalue weighted by Gasteiger charge is -2.06. The van der Waals surface area contributed by atoms with Gasteiger partial charge in [-0.2, -0.15) is 10.1 Å². The van der Waals surface area contributed by atoms with Crippen molar-refractivity contribution in [3.8, 4) is 11.5 Å². The second kappa shape index (κ2) is 6.91. The SMILES string of the molecule is COc1ccc(/C=N/Nc2nnc3c4ccccc4n(C)c3n2)c(OC)c1. The molecule has 0 fully saturated rings. The van der Waals surface area contributed by atoms with E-state index in [2.05, 4.69) is 25.7 Å². The van der Waals surface area contributed by atoms with Gasteiger partial charge in [0.25, 0.3) is 5.95 Å². The highest BCUT2D eigenvalue weighted by atomic mass is 16.5. The minimum atomic E-state index is 0.317. The van der Waals surface area contributed by atoms with Gasteiger partial charge in [-0.25, -0.2) is 5.43 Å². The molecule has 1 N–H and O–H groups in total. The molecule has 0 unspecified atom stereocenters. The number of rotatable bonds is 5. The highest BCUT2D eigenvalue weighted by Crippen LogP contribution is 2.25. The van der Waals surface area contributed by atoms with Crippen LogP contribution in [-0.4, -0.2) is 40.2 Å². The molecule has 0 aliphatic heterocycles. The number of fused-ring (bicyclic) bond motifs is 3. The number of nitrogens with one attached hydrogen (secondary N) is 1. The molecule has 0 saturated carbocycles. The standard InChI is InChI=1S/C19H18N6O2/c1-25-15-7-5-4-6-14(15)17-18(25)21-19(24-22-17)23-20-11-12-8-9-13(26-2)10-16(12)27-3/h4-11H,1-3H3,(H,21,23,24)/b20-11+. The van der Waals surface area contributed by atoms with Crippen LogP contribution < -0.4 is 14.9 Å². The first kappa shape index (κ1) is 16.8. The molecule has 4 aromatic rings. The van der Waals surface area contributed by atoms with Crippen LogP contribution in [0.2, 0.25) is 0 Å². The minimum absolute atomic E-state index is 0.317. The van der Waals surface area contributed by atoms with E-state index in [1.54, 1.807) is 26.5 Å². The Balaban J connectivity index is 1.62. The van der Waals surface area contributed by atoms with Gasteiger partial charge in [0.15, 0.2) is 5.65 Å². The zero-order valence-corrected chi connectivity index (χ0v) is 15.2. The number of aromatic nitrogens is 4. The monoisotopic (exact) mass is 362 g/mol. The second-order valence-electron chi connectivity index (χ2n) is 5.86. The molecular formula is C19H18N6O2. The van der Waals surface area contributed by atoms with Crippen molar-refractivity contribution in [2.45, 2.75) is 0 Å². The third-order valence-electron chi connectivity index (χ3n) is 4.32. The summed E-state index contributed by atoms with van der Waals surface area (Å²) in [7, 11) is 5.16. The third-order valence-corrected chi connectivity index (χ3v) is 4.32. The first-order valence-corrected chi connectivity index (χ1v) is 8.30. The van der Waals surface area contributed by atoms with Gasteiger partial charge in [-0.05, 0) is 18.2 Å². The Labute approximate surface area is 155 Å². The number of hydrazone groups is 1. The number of benzene rings is 2. The summed E-state index contributed by atoms with van der Waals surface area (Å²) in [5.41, 5.74) is 6.18. The first-order valence-electron chi connectivity index (χ1n) is 8.30. The molecule has 0 spiro atoms. The van der Waals surface area contributed by atoms with E-state index in [1.807, 2.05) is 48.0 Å². The molecule has 2 heterocycles. The lowest BCUT2D eigenvalue weighted by Crippen LogP contribution is -2.01. The van der Waals surface area contributed by atoms with Crippen molar-refractivity contribution in [2.24, 2.45) is 12.1 Å². The Morgan fingerprint density at radius 2 is 1.93 bits per heavy atom. The summed E-state index contributed by atoms with van der Waals surface area (Å²) < 4.78 is 12.5. The van der Waals surface area contributed by atoms with E-state index in [0.29, 0.717) is 17.4 Å². The molecule has 0 radical (unpaired) electrons. The molecule has 0 saturated heterocycles. The average Bonchev–Trinajstić information content (AvgIpc) is 3.00. The van der Waals surface area contributed by atoms with Crippen LogP contribution in [0, 0.1) is 0 Å². The number of hydrogen-bond acceptors (Lipinski definition) is 7. The summed E-state index contributed by atoms with van der Waals surface area (Å²) in [6.07, 6.45) is 1.63. The van der Waals surface area contributed by atoms with Crippen molar-refractivity contribution >= 4 is 34.2 Å². The Kier molecular flexibility index (Phi) is 4.29. The summed E-state index contributed by atoms with van der Waals surface area (Å²) >= 11 is 0. The number of para-hydroxylation sites is 1. The average molecular weight is 362 g/mol. The van der Waals surface area contributed by atoms with Gasteiger partial charge in [0.2, 0.25) is 0 Å². The van der Waals surface area contributed by atoms with Crippen molar-refractivity contribution in [2.75, 3.05) is 19.6 Å². The highest BCUT2D eigenvalue weighted by Gasteiger charge is 2.11. The predicted molar refractivity (Wildman–Crippen MR) is 105 cm³/mol. The predicted octanol–water partition coefficient (Wildman–Crippen LogP) is 2.98. The van der Waals surface area contributed by atoms with Crippen LogP contribution in [0.3, 0.4) is 0 Å². The van der Waals surface area contributed by atoms with Gasteiger partial charge in [-0.3, -0.25) is 0 Å². The number of nitrogens with zero attached hydrogens (tertiary/aromatic N) is 5. The van der Waals surface area contributed by atoms with Gasteiger partial charge < -0.3 is 14.0 Å². The van der Waals surface area contributed by atoms with Crippen LogP contribution >= 0.6 is 0 Å². The van der Waals surface area contributed by atoms with Crippen LogP contribution in [0.15, 0.2) is 47.6 Å². The Bertz CT molecular complexity index is 1150. The van der Waals surface area contributed by atoms with Crippen LogP contribution in [-0.2, 0) is 7.05 Å². The Morgan fingerprint density at radius 1 is 1.07 bits per heavy atom. The van der Waals surface area contributed by atoms with E-state index in [4.69, 9.17) is 9.47 Å². The fourth-order valence-electron chi connectivity index (χ4n) is 2.94. The van der Waals surface area contributed by atoms with Gasteiger partial charge in [-0.15, -0.1) is 10.2 Å². The molecule has 0 bridgehead atoms. The molecule has 0 aliphatic rings. The molecule has 2 aromatic carbocycles. The molecule has 0 amide bonds. The van der Waals surface area contributed by atoms with Crippen molar-refractivity contribution in [3.63, 3.8) is 0 Å². The van der Waals surface area contributed by atoms with Crippen molar-refractivity contribution in [3.05, 3.63) is 48.0 Å². The van der Waals surface area contributed by atoms with Crippen LogP contribution in [0.1, 0.15) is 5.56 Å². The van der Waals surface area contributed by atoms with Crippen molar-refractivity contribution < 1.29 is 9.47 Å². The minimum Gasteiger partial charge on any atom is -0.497 e. The van der Waals surface area contributed by atoms with Crippen molar-refractivity contribution in [1.82, 2.24) is 19.7 Å². The smallest absolute Gasteiger partial charge is 0.265 e. The van der Waals surface area contributed by atoms with Gasteiger partial charge in [0, 0.05) is 24.1 Å². The van der Waals surface area contributed by atoms with E-state index in [9.17, 15) is 0 Å². The van der Waals surface area contributed by atoms with E-state index in [0.717, 1.165) is 27.6 Å². The summed E-state index contributed by atoms with van der Waals surface area (Å²) in [6, 6.07) is 13.5. The second-order valence-corrected chi connectivity index (χ2v) is 5.86. The van der Waals surface area contributed by atoms with Gasteiger partial charge >= 0.3 is 0 Å². The van der Waals surface area contributed by atoms with E-state index in [-0.39, 0.29) is 0 Å². The molecular weight excluding hydrogens is 344 g/mol. The van der Waals surface area contributed by atoms with Gasteiger partial charge in [0.05, 0.1) is 26.0 Å². The molecule has 136 valence electrons. The first-order chi connectivity index (χ1) is 13.2. The Hall–Kier alpha value is -3.68. The summed E-state index contributed by atoms with van der Waals surface area (Å²) in [6.45, 7) is 0. The van der Waals surface area contributed by atoms with Crippen LogP contribution in [0.4, 0.5) is 5.95 Å². The Morgan fingerprint density at radius 3 is 2.74 bits per heavy atom. The number of methoxy groups -OCH3 is 2. The van der Waals surface area contributed by atoms with Crippen molar-refractivity contribution in [1.29, 1.82) is 0 Å². The van der Waals surface area contributed by atoms with E-state index in [1.165, 1.54) is 0 Å². The lowest BCUT2D eigenvalue weighted by atomic mass is 10.2. The molecule has 2 aromatic heterocycles. The summed E-state index contributed by atoms with van der Waals surface area (Å²) in [5.74, 6) is 1.69. The molecule has 27 heavy (non-hydrogen) atoms. The van der Waals surface area contributed by atoms with Gasteiger partial charge in [-0.1, -0.05) is 18.2 Å². The molecule has 4 rings (SSSR count). The van der Waals surface area contributed by atoms with Crippen LogP contribution in [0.25, 0.3) is 22.1 Å². The normalized spacial score (nSPS) is 11.4.